The largest absolute Gasteiger partial charge is 0.497 e. The predicted molar refractivity (Wildman–Crippen MR) is 116 cm³/mol. The van der Waals surface area contributed by atoms with Crippen LogP contribution in [0.3, 0.4) is 0 Å². The first-order valence-electron chi connectivity index (χ1n) is 10.1. The summed E-state index contributed by atoms with van der Waals surface area (Å²) in [6.45, 7) is 3.95. The van der Waals surface area contributed by atoms with Crippen molar-refractivity contribution in [1.82, 2.24) is 10.2 Å². The number of amides is 1. The number of rotatable bonds is 7. The molecule has 162 valence electrons. The number of carbonyl (C=O) groups is 1. The van der Waals surface area contributed by atoms with Crippen LogP contribution in [0.2, 0.25) is 5.02 Å². The van der Waals surface area contributed by atoms with Crippen LogP contribution in [0.4, 0.5) is 4.39 Å². The molecule has 2 aromatic rings. The zero-order valence-electron chi connectivity index (χ0n) is 17.6. The van der Waals surface area contributed by atoms with Crippen LogP contribution in [-0.4, -0.2) is 38.1 Å². The summed E-state index contributed by atoms with van der Waals surface area (Å²) in [5, 5.41) is 3.50. The van der Waals surface area contributed by atoms with E-state index in [4.69, 9.17) is 21.1 Å². The molecule has 5 nitrogen and oxygen atoms in total. The summed E-state index contributed by atoms with van der Waals surface area (Å²) < 4.78 is 24.8. The molecule has 2 aromatic carbocycles. The van der Waals surface area contributed by atoms with Crippen LogP contribution >= 0.6 is 11.6 Å². The molecule has 1 heterocycles. The molecule has 0 saturated carbocycles. The Bertz CT molecular complexity index is 885. The van der Waals surface area contributed by atoms with Gasteiger partial charge in [0.2, 0.25) is 5.91 Å². The predicted octanol–water partition coefficient (Wildman–Crippen LogP) is 4.59. The van der Waals surface area contributed by atoms with Gasteiger partial charge in [-0.05, 0) is 63.2 Å². The van der Waals surface area contributed by atoms with Crippen molar-refractivity contribution >= 4 is 17.5 Å². The van der Waals surface area contributed by atoms with Gasteiger partial charge in [0.15, 0.2) is 0 Å². The van der Waals surface area contributed by atoms with E-state index in [1.807, 2.05) is 25.1 Å². The minimum absolute atomic E-state index is 0.0321. The third kappa shape index (κ3) is 5.43. The number of ether oxygens (including phenoxy) is 2. The lowest BCUT2D eigenvalue weighted by molar-refractivity contribution is -0.127. The van der Waals surface area contributed by atoms with Crippen LogP contribution in [0.5, 0.6) is 11.5 Å². The smallest absolute Gasteiger partial charge is 0.223 e. The molecule has 1 N–H and O–H groups in total. The Balaban J connectivity index is 1.55. The van der Waals surface area contributed by atoms with E-state index in [0.29, 0.717) is 22.9 Å². The number of nitrogens with one attached hydrogen (secondary N) is 1. The lowest BCUT2D eigenvalue weighted by Crippen LogP contribution is -2.41. The van der Waals surface area contributed by atoms with Crippen molar-refractivity contribution < 1.29 is 18.7 Å². The Hall–Kier alpha value is -2.31. The Labute approximate surface area is 182 Å². The van der Waals surface area contributed by atoms with E-state index in [2.05, 4.69) is 10.2 Å². The second-order valence-corrected chi connectivity index (χ2v) is 8.06. The molecule has 7 heteroatoms. The number of benzene rings is 2. The van der Waals surface area contributed by atoms with Crippen molar-refractivity contribution in [3.05, 3.63) is 58.4 Å². The highest BCUT2D eigenvalue weighted by atomic mass is 35.5. The van der Waals surface area contributed by atoms with Crippen molar-refractivity contribution in [2.75, 3.05) is 27.3 Å². The molecule has 1 aliphatic heterocycles. The molecular formula is C23H28ClFN2O3. The maximum Gasteiger partial charge on any atom is 0.223 e. The monoisotopic (exact) mass is 434 g/mol. The molecule has 0 aliphatic carbocycles. The number of piperidine rings is 1. The molecule has 1 amide bonds. The van der Waals surface area contributed by atoms with Gasteiger partial charge in [0.1, 0.15) is 17.3 Å². The molecule has 0 spiro atoms. The zero-order valence-corrected chi connectivity index (χ0v) is 18.3. The van der Waals surface area contributed by atoms with Crippen molar-refractivity contribution in [3.63, 3.8) is 0 Å². The molecule has 0 bridgehead atoms. The fourth-order valence-electron chi connectivity index (χ4n) is 3.83. The van der Waals surface area contributed by atoms with E-state index in [-0.39, 0.29) is 23.7 Å². The second-order valence-electron chi connectivity index (χ2n) is 7.62. The van der Waals surface area contributed by atoms with Gasteiger partial charge in [-0.3, -0.25) is 9.69 Å². The number of likely N-dealkylation sites (tertiary alicyclic amines) is 1. The summed E-state index contributed by atoms with van der Waals surface area (Å²) in [6, 6.07) is 10.1. The number of methoxy groups -OCH3 is 2. The number of hydrogen-bond acceptors (Lipinski definition) is 4. The third-order valence-corrected chi connectivity index (χ3v) is 5.86. The van der Waals surface area contributed by atoms with Crippen molar-refractivity contribution in [3.8, 4) is 11.5 Å². The second kappa shape index (κ2) is 10.1. The van der Waals surface area contributed by atoms with Crippen molar-refractivity contribution in [1.29, 1.82) is 0 Å². The van der Waals surface area contributed by atoms with Gasteiger partial charge in [0.05, 0.1) is 20.3 Å². The zero-order chi connectivity index (χ0) is 21.7. The van der Waals surface area contributed by atoms with Gasteiger partial charge in [0, 0.05) is 28.6 Å². The maximum atomic E-state index is 14.0. The van der Waals surface area contributed by atoms with E-state index in [1.165, 1.54) is 6.07 Å². The topological polar surface area (TPSA) is 50.8 Å². The molecule has 1 saturated heterocycles. The highest BCUT2D eigenvalue weighted by Gasteiger charge is 2.27. The molecule has 1 fully saturated rings. The fraction of sp³-hybridized carbons (Fsp3) is 0.435. The molecule has 1 atom stereocenters. The summed E-state index contributed by atoms with van der Waals surface area (Å²) in [5.74, 6) is 1.11. The Morgan fingerprint density at radius 2 is 1.93 bits per heavy atom. The van der Waals surface area contributed by atoms with Gasteiger partial charge < -0.3 is 14.8 Å². The Morgan fingerprint density at radius 3 is 2.57 bits per heavy atom. The van der Waals surface area contributed by atoms with Gasteiger partial charge >= 0.3 is 0 Å². The summed E-state index contributed by atoms with van der Waals surface area (Å²) >= 11 is 5.82. The maximum absolute atomic E-state index is 14.0. The van der Waals surface area contributed by atoms with Gasteiger partial charge in [0.25, 0.3) is 0 Å². The summed E-state index contributed by atoms with van der Waals surface area (Å²) in [4.78, 5) is 15.0. The number of halogens is 2. The van der Waals surface area contributed by atoms with Crippen LogP contribution in [0.25, 0.3) is 0 Å². The standard InChI is InChI=1S/C23H28ClFN2O3/c1-15(20-13-19(29-2)6-7-22(20)30-3)26-23(28)16-8-10-27(11-9-16)14-17-4-5-18(24)12-21(17)25/h4-7,12-13,15-16H,8-11,14H2,1-3H3,(H,26,28)/t15-/m1/s1. The normalized spacial score (nSPS) is 16.2. The van der Waals surface area contributed by atoms with Gasteiger partial charge in [-0.2, -0.15) is 0 Å². The van der Waals surface area contributed by atoms with Gasteiger partial charge in [-0.25, -0.2) is 4.39 Å². The number of carbonyl (C=O) groups excluding carboxylic acids is 1. The molecule has 30 heavy (non-hydrogen) atoms. The van der Waals surface area contributed by atoms with Crippen molar-refractivity contribution in [2.45, 2.75) is 32.4 Å². The minimum atomic E-state index is -0.288. The first-order chi connectivity index (χ1) is 14.4. The lowest BCUT2D eigenvalue weighted by Gasteiger charge is -2.32. The molecular weight excluding hydrogens is 407 g/mol. The van der Waals surface area contributed by atoms with Gasteiger partial charge in [-0.15, -0.1) is 0 Å². The van der Waals surface area contributed by atoms with E-state index in [1.54, 1.807) is 26.4 Å². The summed E-state index contributed by atoms with van der Waals surface area (Å²) in [5.41, 5.74) is 1.50. The van der Waals surface area contributed by atoms with Crippen LogP contribution in [-0.2, 0) is 11.3 Å². The van der Waals surface area contributed by atoms with Crippen LogP contribution in [0.15, 0.2) is 36.4 Å². The van der Waals surface area contributed by atoms with Crippen molar-refractivity contribution in [2.24, 2.45) is 5.92 Å². The number of nitrogens with zero attached hydrogens (tertiary/aromatic N) is 1. The molecule has 1 aliphatic rings. The highest BCUT2D eigenvalue weighted by Crippen LogP contribution is 2.30. The lowest BCUT2D eigenvalue weighted by atomic mass is 9.94. The first-order valence-corrected chi connectivity index (χ1v) is 10.5. The van der Waals surface area contributed by atoms with E-state index < -0.39 is 0 Å². The average Bonchev–Trinajstić information content (AvgIpc) is 2.75. The van der Waals surface area contributed by atoms with Crippen LogP contribution in [0.1, 0.15) is 36.9 Å². The Morgan fingerprint density at radius 1 is 1.20 bits per heavy atom. The molecule has 3 rings (SSSR count). The quantitative estimate of drug-likeness (QED) is 0.692. The van der Waals surface area contributed by atoms with Crippen LogP contribution in [0, 0.1) is 11.7 Å². The third-order valence-electron chi connectivity index (χ3n) is 5.63. The van der Waals surface area contributed by atoms with Gasteiger partial charge in [-0.1, -0.05) is 17.7 Å². The molecule has 0 aromatic heterocycles. The van der Waals surface area contributed by atoms with E-state index in [0.717, 1.165) is 37.2 Å². The Kier molecular flexibility index (Phi) is 7.56. The van der Waals surface area contributed by atoms with E-state index >= 15 is 0 Å². The summed E-state index contributed by atoms with van der Waals surface area (Å²) in [7, 11) is 3.22. The number of hydrogen-bond donors (Lipinski definition) is 1. The SMILES string of the molecule is COc1ccc(OC)c([C@@H](C)NC(=O)C2CCN(Cc3ccc(Cl)cc3F)CC2)c1. The van der Waals surface area contributed by atoms with Crippen LogP contribution < -0.4 is 14.8 Å². The average molecular weight is 435 g/mol. The molecule has 0 radical (unpaired) electrons. The fourth-order valence-corrected chi connectivity index (χ4v) is 3.99. The minimum Gasteiger partial charge on any atom is -0.497 e. The molecule has 0 unspecified atom stereocenters. The highest BCUT2D eigenvalue weighted by molar-refractivity contribution is 6.30. The first kappa shape index (κ1) is 22.4. The van der Waals surface area contributed by atoms with E-state index in [9.17, 15) is 9.18 Å². The summed E-state index contributed by atoms with van der Waals surface area (Å²) in [6.07, 6.45) is 1.48.